The molecule has 0 aromatic carbocycles. The van der Waals surface area contributed by atoms with E-state index in [2.05, 4.69) is 25.7 Å². The number of nitrogens with zero attached hydrogens (tertiary/aromatic N) is 2. The first-order valence-corrected chi connectivity index (χ1v) is 5.42. The average Bonchev–Trinajstić information content (AvgIpc) is 2.88. The Kier molecular flexibility index (Phi) is 3.22. The van der Waals surface area contributed by atoms with Gasteiger partial charge in [0.1, 0.15) is 0 Å². The molecule has 0 saturated heterocycles. The fraction of sp³-hybridized carbons (Fsp3) is 0.364. The van der Waals surface area contributed by atoms with Gasteiger partial charge in [0.2, 0.25) is 5.91 Å². The van der Waals surface area contributed by atoms with Gasteiger partial charge in [-0.15, -0.1) is 0 Å². The molecule has 17 heavy (non-hydrogen) atoms. The van der Waals surface area contributed by atoms with Gasteiger partial charge in [0.25, 0.3) is 0 Å². The minimum absolute atomic E-state index is 0.0331. The minimum atomic E-state index is -0.0331. The van der Waals surface area contributed by atoms with Gasteiger partial charge in [-0.05, 0) is 19.9 Å². The summed E-state index contributed by atoms with van der Waals surface area (Å²) >= 11 is 0. The van der Waals surface area contributed by atoms with Crippen LogP contribution in [0.3, 0.4) is 0 Å². The molecule has 0 radical (unpaired) electrons. The SMILES string of the molecule is Cc1n[nH]c(C)c1CNC(=O)Cc1ccn[nH]1. The number of nitrogens with one attached hydrogen (secondary N) is 3. The van der Waals surface area contributed by atoms with Crippen LogP contribution in [-0.2, 0) is 17.8 Å². The van der Waals surface area contributed by atoms with Crippen LogP contribution < -0.4 is 5.32 Å². The zero-order chi connectivity index (χ0) is 12.3. The van der Waals surface area contributed by atoms with E-state index in [1.165, 1.54) is 0 Å². The predicted molar refractivity (Wildman–Crippen MR) is 62.2 cm³/mol. The van der Waals surface area contributed by atoms with E-state index in [4.69, 9.17) is 0 Å². The van der Waals surface area contributed by atoms with Gasteiger partial charge >= 0.3 is 0 Å². The van der Waals surface area contributed by atoms with Crippen LogP contribution in [0.1, 0.15) is 22.6 Å². The molecule has 0 unspecified atom stereocenters. The smallest absolute Gasteiger partial charge is 0.226 e. The molecule has 0 fully saturated rings. The largest absolute Gasteiger partial charge is 0.352 e. The van der Waals surface area contributed by atoms with E-state index >= 15 is 0 Å². The average molecular weight is 233 g/mol. The third-order valence-electron chi connectivity index (χ3n) is 2.65. The monoisotopic (exact) mass is 233 g/mol. The molecule has 0 bridgehead atoms. The molecule has 0 aliphatic heterocycles. The van der Waals surface area contributed by atoms with Gasteiger partial charge in [0.05, 0.1) is 12.1 Å². The summed E-state index contributed by atoms with van der Waals surface area (Å²) in [7, 11) is 0. The Balaban J connectivity index is 1.88. The second-order valence-electron chi connectivity index (χ2n) is 3.95. The first kappa shape index (κ1) is 11.4. The number of aryl methyl sites for hydroxylation is 2. The van der Waals surface area contributed by atoms with Crippen LogP contribution in [0.25, 0.3) is 0 Å². The predicted octanol–water partition coefficient (Wildman–Crippen LogP) is 0.609. The molecule has 0 aliphatic rings. The number of hydrogen-bond donors (Lipinski definition) is 3. The second kappa shape index (κ2) is 4.82. The van der Waals surface area contributed by atoms with Gasteiger partial charge < -0.3 is 5.32 Å². The molecule has 3 N–H and O–H groups in total. The molecule has 0 aliphatic carbocycles. The van der Waals surface area contributed by atoms with E-state index in [1.54, 1.807) is 12.3 Å². The third kappa shape index (κ3) is 2.72. The van der Waals surface area contributed by atoms with Crippen molar-refractivity contribution < 1.29 is 4.79 Å². The van der Waals surface area contributed by atoms with Crippen LogP contribution in [-0.4, -0.2) is 26.3 Å². The summed E-state index contributed by atoms with van der Waals surface area (Å²) in [5, 5.41) is 16.4. The van der Waals surface area contributed by atoms with Gasteiger partial charge in [0.15, 0.2) is 0 Å². The van der Waals surface area contributed by atoms with Crippen molar-refractivity contribution in [2.45, 2.75) is 26.8 Å². The van der Waals surface area contributed by atoms with Crippen molar-refractivity contribution in [3.05, 3.63) is 34.9 Å². The van der Waals surface area contributed by atoms with Crippen LogP contribution in [0.15, 0.2) is 12.3 Å². The number of amides is 1. The highest BCUT2D eigenvalue weighted by molar-refractivity contribution is 5.78. The zero-order valence-electron chi connectivity index (χ0n) is 9.87. The highest BCUT2D eigenvalue weighted by Gasteiger charge is 2.08. The molecule has 0 spiro atoms. The Morgan fingerprint density at radius 3 is 2.82 bits per heavy atom. The summed E-state index contributed by atoms with van der Waals surface area (Å²) in [4.78, 5) is 11.6. The van der Waals surface area contributed by atoms with Crippen molar-refractivity contribution in [3.8, 4) is 0 Å². The van der Waals surface area contributed by atoms with Gasteiger partial charge in [0, 0.05) is 29.7 Å². The van der Waals surface area contributed by atoms with Crippen LogP contribution in [0.2, 0.25) is 0 Å². The molecule has 90 valence electrons. The van der Waals surface area contributed by atoms with E-state index < -0.39 is 0 Å². The molecule has 6 nitrogen and oxygen atoms in total. The number of rotatable bonds is 4. The Labute approximate surface area is 98.8 Å². The number of carbonyl (C=O) groups is 1. The summed E-state index contributed by atoms with van der Waals surface area (Å²) in [6.07, 6.45) is 1.95. The molecular formula is C11H15N5O. The summed E-state index contributed by atoms with van der Waals surface area (Å²) in [6, 6.07) is 1.79. The second-order valence-corrected chi connectivity index (χ2v) is 3.95. The Bertz CT molecular complexity index is 480. The van der Waals surface area contributed by atoms with Crippen LogP contribution in [0.4, 0.5) is 0 Å². The number of carbonyl (C=O) groups excluding carboxylic acids is 1. The Hall–Kier alpha value is -2.11. The fourth-order valence-corrected chi connectivity index (χ4v) is 1.64. The first-order chi connectivity index (χ1) is 8.16. The molecule has 2 aromatic rings. The summed E-state index contributed by atoms with van der Waals surface area (Å²) in [6.45, 7) is 4.36. The van der Waals surface area contributed by atoms with Crippen LogP contribution in [0, 0.1) is 13.8 Å². The maximum Gasteiger partial charge on any atom is 0.226 e. The Morgan fingerprint density at radius 1 is 1.41 bits per heavy atom. The summed E-state index contributed by atoms with van der Waals surface area (Å²) in [5.74, 6) is -0.0331. The van der Waals surface area contributed by atoms with Gasteiger partial charge in [-0.1, -0.05) is 0 Å². The fourth-order valence-electron chi connectivity index (χ4n) is 1.64. The van der Waals surface area contributed by atoms with Crippen molar-refractivity contribution >= 4 is 5.91 Å². The minimum Gasteiger partial charge on any atom is -0.352 e. The van der Waals surface area contributed by atoms with E-state index in [0.717, 1.165) is 22.6 Å². The lowest BCUT2D eigenvalue weighted by Gasteiger charge is -2.04. The maximum atomic E-state index is 11.6. The molecule has 0 atom stereocenters. The van der Waals surface area contributed by atoms with E-state index in [1.807, 2.05) is 13.8 Å². The third-order valence-corrected chi connectivity index (χ3v) is 2.65. The van der Waals surface area contributed by atoms with Crippen molar-refractivity contribution in [2.75, 3.05) is 0 Å². The Morgan fingerprint density at radius 2 is 2.24 bits per heavy atom. The molecule has 1 amide bonds. The first-order valence-electron chi connectivity index (χ1n) is 5.42. The quantitative estimate of drug-likeness (QED) is 0.723. The summed E-state index contributed by atoms with van der Waals surface area (Å²) in [5.41, 5.74) is 3.76. The van der Waals surface area contributed by atoms with E-state index in [-0.39, 0.29) is 5.91 Å². The number of hydrogen-bond acceptors (Lipinski definition) is 3. The number of aromatic amines is 2. The molecule has 2 heterocycles. The molecule has 2 rings (SSSR count). The van der Waals surface area contributed by atoms with Crippen LogP contribution in [0.5, 0.6) is 0 Å². The van der Waals surface area contributed by atoms with Crippen molar-refractivity contribution in [1.82, 2.24) is 25.7 Å². The van der Waals surface area contributed by atoms with E-state index in [9.17, 15) is 4.79 Å². The standard InChI is InChI=1S/C11H15N5O/c1-7-10(8(2)15-14-7)6-12-11(17)5-9-3-4-13-16-9/h3-4H,5-6H2,1-2H3,(H,12,17)(H,13,16)(H,14,15). The van der Waals surface area contributed by atoms with E-state index in [0.29, 0.717) is 13.0 Å². The molecule has 0 saturated carbocycles. The van der Waals surface area contributed by atoms with Crippen LogP contribution >= 0.6 is 0 Å². The summed E-state index contributed by atoms with van der Waals surface area (Å²) < 4.78 is 0. The van der Waals surface area contributed by atoms with Gasteiger partial charge in [-0.3, -0.25) is 15.0 Å². The van der Waals surface area contributed by atoms with Gasteiger partial charge in [-0.25, -0.2) is 0 Å². The zero-order valence-corrected chi connectivity index (χ0v) is 9.87. The highest BCUT2D eigenvalue weighted by atomic mass is 16.1. The lowest BCUT2D eigenvalue weighted by molar-refractivity contribution is -0.120. The lowest BCUT2D eigenvalue weighted by Crippen LogP contribution is -2.25. The molecule has 6 heteroatoms. The number of H-pyrrole nitrogens is 2. The van der Waals surface area contributed by atoms with Gasteiger partial charge in [-0.2, -0.15) is 10.2 Å². The van der Waals surface area contributed by atoms with Crippen molar-refractivity contribution in [3.63, 3.8) is 0 Å². The van der Waals surface area contributed by atoms with Crippen molar-refractivity contribution in [1.29, 1.82) is 0 Å². The molecular weight excluding hydrogens is 218 g/mol. The normalized spacial score (nSPS) is 10.5. The molecule has 2 aromatic heterocycles. The topological polar surface area (TPSA) is 86.5 Å². The maximum absolute atomic E-state index is 11.6. The van der Waals surface area contributed by atoms with Crippen molar-refractivity contribution in [2.24, 2.45) is 0 Å². The lowest BCUT2D eigenvalue weighted by atomic mass is 10.2. The number of aromatic nitrogens is 4. The highest BCUT2D eigenvalue weighted by Crippen LogP contribution is 2.08.